The zero-order chi connectivity index (χ0) is 12.3. The Morgan fingerprint density at radius 1 is 1.38 bits per heavy atom. The normalized spacial score (nSPS) is 11.6. The fraction of sp³-hybridized carbons (Fsp3) is 0.636. The maximum atomic E-state index is 13.5. The lowest BCUT2D eigenvalue weighted by Crippen LogP contribution is -2.26. The van der Waals surface area contributed by atoms with Crippen LogP contribution in [-0.4, -0.2) is 23.6 Å². The summed E-state index contributed by atoms with van der Waals surface area (Å²) in [6.45, 7) is 7.80. The van der Waals surface area contributed by atoms with Crippen LogP contribution in [-0.2, 0) is 10.3 Å². The van der Waals surface area contributed by atoms with Crippen LogP contribution in [0.15, 0.2) is 0 Å². The van der Waals surface area contributed by atoms with Crippen molar-refractivity contribution in [3.8, 4) is 0 Å². The van der Waals surface area contributed by atoms with E-state index in [1.807, 2.05) is 20.8 Å². The average molecular weight is 227 g/mol. The topological polar surface area (TPSA) is 47.0 Å². The average Bonchev–Trinajstić information content (AvgIpc) is 2.21. The van der Waals surface area contributed by atoms with Gasteiger partial charge in [0.2, 0.25) is 0 Å². The van der Waals surface area contributed by atoms with E-state index in [1.54, 1.807) is 14.0 Å². The van der Waals surface area contributed by atoms with E-state index in [2.05, 4.69) is 15.3 Å². The summed E-state index contributed by atoms with van der Waals surface area (Å²) >= 11 is 0. The second kappa shape index (κ2) is 4.74. The first-order valence-corrected chi connectivity index (χ1v) is 5.28. The highest BCUT2D eigenvalue weighted by molar-refractivity contribution is 5.37. The van der Waals surface area contributed by atoms with E-state index in [0.29, 0.717) is 18.1 Å². The zero-order valence-corrected chi connectivity index (χ0v) is 10.4. The Morgan fingerprint density at radius 3 is 2.50 bits per heavy atom. The molecule has 0 fully saturated rings. The van der Waals surface area contributed by atoms with Crippen LogP contribution in [0, 0.1) is 12.7 Å². The maximum absolute atomic E-state index is 13.5. The molecule has 0 atom stereocenters. The molecule has 1 aromatic heterocycles. The van der Waals surface area contributed by atoms with Crippen LogP contribution >= 0.6 is 0 Å². The number of nitrogens with one attached hydrogen (secondary N) is 1. The number of aromatic nitrogens is 2. The zero-order valence-electron chi connectivity index (χ0n) is 10.4. The van der Waals surface area contributed by atoms with Gasteiger partial charge in [0.15, 0.2) is 17.5 Å². The van der Waals surface area contributed by atoms with Crippen molar-refractivity contribution in [3.05, 3.63) is 17.3 Å². The van der Waals surface area contributed by atoms with E-state index in [0.717, 1.165) is 0 Å². The lowest BCUT2D eigenvalue weighted by molar-refractivity contribution is -0.0209. The van der Waals surface area contributed by atoms with Gasteiger partial charge in [-0.3, -0.25) is 0 Å². The van der Waals surface area contributed by atoms with Crippen LogP contribution in [0.4, 0.5) is 10.2 Å². The van der Waals surface area contributed by atoms with Crippen molar-refractivity contribution in [1.29, 1.82) is 0 Å². The van der Waals surface area contributed by atoms with Crippen LogP contribution in [0.3, 0.4) is 0 Å². The summed E-state index contributed by atoms with van der Waals surface area (Å²) in [5, 5.41) is 2.71. The molecule has 4 nitrogen and oxygen atoms in total. The second-order valence-electron chi connectivity index (χ2n) is 3.99. The van der Waals surface area contributed by atoms with Crippen molar-refractivity contribution in [2.75, 3.05) is 19.0 Å². The number of aryl methyl sites for hydroxylation is 1. The van der Waals surface area contributed by atoms with E-state index < -0.39 is 11.4 Å². The quantitative estimate of drug-likeness (QED) is 0.857. The fourth-order valence-corrected chi connectivity index (χ4v) is 1.42. The second-order valence-corrected chi connectivity index (χ2v) is 3.99. The molecule has 1 heterocycles. The number of anilines is 1. The van der Waals surface area contributed by atoms with Crippen molar-refractivity contribution >= 4 is 5.82 Å². The fourth-order valence-electron chi connectivity index (χ4n) is 1.42. The third kappa shape index (κ3) is 2.47. The van der Waals surface area contributed by atoms with Gasteiger partial charge in [0, 0.05) is 13.7 Å². The van der Waals surface area contributed by atoms with Crippen LogP contribution < -0.4 is 5.32 Å². The number of ether oxygens (including phenoxy) is 1. The first kappa shape index (κ1) is 12.8. The van der Waals surface area contributed by atoms with Crippen molar-refractivity contribution in [3.63, 3.8) is 0 Å². The third-order valence-corrected chi connectivity index (χ3v) is 2.30. The van der Waals surface area contributed by atoms with E-state index in [4.69, 9.17) is 4.74 Å². The van der Waals surface area contributed by atoms with Gasteiger partial charge in [0.25, 0.3) is 0 Å². The SMILES string of the molecule is CCOC(C)(C)c1nc(C)c(F)c(NC)n1. The van der Waals surface area contributed by atoms with Gasteiger partial charge >= 0.3 is 0 Å². The van der Waals surface area contributed by atoms with E-state index in [1.165, 1.54) is 0 Å². The van der Waals surface area contributed by atoms with Crippen molar-refractivity contribution in [2.45, 2.75) is 33.3 Å². The minimum atomic E-state index is -0.612. The van der Waals surface area contributed by atoms with Crippen molar-refractivity contribution in [2.24, 2.45) is 0 Å². The molecule has 1 N–H and O–H groups in total. The summed E-state index contributed by atoms with van der Waals surface area (Å²) in [5.41, 5.74) is -0.291. The summed E-state index contributed by atoms with van der Waals surface area (Å²) in [6.07, 6.45) is 0. The van der Waals surface area contributed by atoms with Crippen LogP contribution in [0.2, 0.25) is 0 Å². The van der Waals surface area contributed by atoms with E-state index in [9.17, 15) is 4.39 Å². The molecule has 0 aliphatic carbocycles. The Hall–Kier alpha value is -1.23. The first-order chi connectivity index (χ1) is 7.42. The largest absolute Gasteiger partial charge is 0.371 e. The highest BCUT2D eigenvalue weighted by atomic mass is 19.1. The Kier molecular flexibility index (Phi) is 3.80. The van der Waals surface area contributed by atoms with E-state index >= 15 is 0 Å². The predicted octanol–water partition coefficient (Wildman–Crippen LogP) is 2.24. The monoisotopic (exact) mass is 227 g/mol. The summed E-state index contributed by atoms with van der Waals surface area (Å²) in [4.78, 5) is 8.24. The van der Waals surface area contributed by atoms with Gasteiger partial charge in [0.1, 0.15) is 5.60 Å². The van der Waals surface area contributed by atoms with Gasteiger partial charge in [0.05, 0.1) is 5.69 Å². The summed E-state index contributed by atoms with van der Waals surface area (Å²) < 4.78 is 19.1. The van der Waals surface area contributed by atoms with Gasteiger partial charge in [-0.15, -0.1) is 0 Å². The molecule has 1 aromatic rings. The first-order valence-electron chi connectivity index (χ1n) is 5.28. The molecule has 0 radical (unpaired) electrons. The highest BCUT2D eigenvalue weighted by Gasteiger charge is 2.26. The van der Waals surface area contributed by atoms with Crippen molar-refractivity contribution < 1.29 is 9.13 Å². The van der Waals surface area contributed by atoms with Gasteiger partial charge in [-0.05, 0) is 27.7 Å². The minimum Gasteiger partial charge on any atom is -0.371 e. The molecule has 0 aromatic carbocycles. The molecule has 0 unspecified atom stereocenters. The molecule has 0 saturated heterocycles. The van der Waals surface area contributed by atoms with Crippen LogP contribution in [0.1, 0.15) is 32.3 Å². The van der Waals surface area contributed by atoms with Gasteiger partial charge in [-0.2, -0.15) is 0 Å². The molecule has 0 aliphatic heterocycles. The summed E-state index contributed by atoms with van der Waals surface area (Å²) in [5.74, 6) is 0.270. The highest BCUT2D eigenvalue weighted by Crippen LogP contribution is 2.24. The molecular weight excluding hydrogens is 209 g/mol. The van der Waals surface area contributed by atoms with Crippen molar-refractivity contribution in [1.82, 2.24) is 9.97 Å². The number of nitrogens with zero attached hydrogens (tertiary/aromatic N) is 2. The molecule has 90 valence electrons. The summed E-state index contributed by atoms with van der Waals surface area (Å²) in [6, 6.07) is 0. The Bertz CT molecular complexity index is 380. The molecule has 0 saturated carbocycles. The molecular formula is C11H18FN3O. The number of hydrogen-bond acceptors (Lipinski definition) is 4. The molecule has 5 heteroatoms. The lowest BCUT2D eigenvalue weighted by Gasteiger charge is -2.23. The summed E-state index contributed by atoms with van der Waals surface area (Å²) in [7, 11) is 1.63. The number of rotatable bonds is 4. The molecule has 0 aliphatic rings. The Balaban J connectivity index is 3.20. The number of hydrogen-bond donors (Lipinski definition) is 1. The van der Waals surface area contributed by atoms with Gasteiger partial charge < -0.3 is 10.1 Å². The van der Waals surface area contributed by atoms with Gasteiger partial charge in [-0.1, -0.05) is 0 Å². The standard InChI is InChI=1S/C11H18FN3O/c1-6-16-11(3,4)10-14-7(2)8(12)9(13-5)15-10/h6H2,1-5H3,(H,13,14,15). The molecule has 16 heavy (non-hydrogen) atoms. The maximum Gasteiger partial charge on any atom is 0.186 e. The predicted molar refractivity (Wildman–Crippen MR) is 60.9 cm³/mol. The number of halogens is 1. The van der Waals surface area contributed by atoms with E-state index in [-0.39, 0.29) is 5.82 Å². The molecule has 0 amide bonds. The lowest BCUT2D eigenvalue weighted by atomic mass is 10.1. The Morgan fingerprint density at radius 2 is 2.00 bits per heavy atom. The van der Waals surface area contributed by atoms with Crippen LogP contribution in [0.5, 0.6) is 0 Å². The van der Waals surface area contributed by atoms with Gasteiger partial charge in [-0.25, -0.2) is 14.4 Å². The minimum absolute atomic E-state index is 0.204. The third-order valence-electron chi connectivity index (χ3n) is 2.30. The van der Waals surface area contributed by atoms with Crippen LogP contribution in [0.25, 0.3) is 0 Å². The molecule has 0 spiro atoms. The molecule has 1 rings (SSSR count). The molecule has 0 bridgehead atoms. The Labute approximate surface area is 95.3 Å². The smallest absolute Gasteiger partial charge is 0.186 e.